The molecular formula is C24H34N2O4S. The van der Waals surface area contributed by atoms with Crippen LogP contribution in [0.1, 0.15) is 61.9 Å². The maximum absolute atomic E-state index is 13.1. The van der Waals surface area contributed by atoms with Gasteiger partial charge in [0.1, 0.15) is 11.8 Å². The number of nitrogens with one attached hydrogen (secondary N) is 1. The summed E-state index contributed by atoms with van der Waals surface area (Å²) in [7, 11) is -2.00. The van der Waals surface area contributed by atoms with Gasteiger partial charge in [0.25, 0.3) is 0 Å². The number of sulfonamides is 1. The second kappa shape index (κ2) is 9.73. The Morgan fingerprint density at radius 1 is 1.00 bits per heavy atom. The maximum atomic E-state index is 13.1. The summed E-state index contributed by atoms with van der Waals surface area (Å²) in [6.07, 6.45) is 1.11. The highest BCUT2D eigenvalue weighted by Crippen LogP contribution is 2.32. The standard InChI is InChI=1S/C24H34N2O4S/c1-15(2)21-14-22(17(4)13-23(21)30-7)18(5)25-24(27)19(6)26(31(8,28)29)20-11-9-16(3)10-12-20/h9-15,18-19H,1-8H3,(H,25,27). The Labute approximate surface area is 186 Å². The number of methoxy groups -OCH3 is 1. The van der Waals surface area contributed by atoms with Crippen molar-refractivity contribution >= 4 is 21.6 Å². The van der Waals surface area contributed by atoms with Gasteiger partial charge in [-0.2, -0.15) is 0 Å². The third-order valence-corrected chi connectivity index (χ3v) is 6.68. The summed E-state index contributed by atoms with van der Waals surface area (Å²) in [4.78, 5) is 13.1. The molecule has 0 fully saturated rings. The summed E-state index contributed by atoms with van der Waals surface area (Å²) in [6.45, 7) is 11.6. The average Bonchev–Trinajstić information content (AvgIpc) is 2.67. The SMILES string of the molecule is COc1cc(C)c(C(C)NC(=O)C(C)N(c2ccc(C)cc2)S(C)(=O)=O)cc1C(C)C. The van der Waals surface area contributed by atoms with Crippen molar-refractivity contribution in [1.29, 1.82) is 0 Å². The van der Waals surface area contributed by atoms with Crippen molar-refractivity contribution in [3.05, 3.63) is 58.7 Å². The molecule has 1 amide bonds. The first-order valence-corrected chi connectivity index (χ1v) is 12.3. The number of benzene rings is 2. The zero-order valence-corrected chi connectivity index (χ0v) is 20.5. The van der Waals surface area contributed by atoms with Gasteiger partial charge in [-0.15, -0.1) is 0 Å². The lowest BCUT2D eigenvalue weighted by Crippen LogP contribution is -2.48. The lowest BCUT2D eigenvalue weighted by atomic mass is 9.93. The number of aryl methyl sites for hydroxylation is 2. The highest BCUT2D eigenvalue weighted by atomic mass is 32.2. The van der Waals surface area contributed by atoms with Crippen molar-refractivity contribution in [3.8, 4) is 5.75 Å². The Kier molecular flexibility index (Phi) is 7.76. The quantitative estimate of drug-likeness (QED) is 0.649. The van der Waals surface area contributed by atoms with Gasteiger partial charge >= 0.3 is 0 Å². The van der Waals surface area contributed by atoms with Crippen LogP contribution in [0, 0.1) is 13.8 Å². The van der Waals surface area contributed by atoms with E-state index in [0.29, 0.717) is 5.69 Å². The van der Waals surface area contributed by atoms with Gasteiger partial charge in [0.05, 0.1) is 25.1 Å². The van der Waals surface area contributed by atoms with Gasteiger partial charge in [0.15, 0.2) is 0 Å². The van der Waals surface area contributed by atoms with E-state index in [1.807, 2.05) is 39.0 Å². The normalized spacial score (nSPS) is 13.6. The van der Waals surface area contributed by atoms with E-state index in [1.165, 1.54) is 0 Å². The smallest absolute Gasteiger partial charge is 0.244 e. The number of carbonyl (C=O) groups excluding carboxylic acids is 1. The molecule has 2 aromatic carbocycles. The molecule has 2 rings (SSSR count). The number of rotatable bonds is 8. The molecule has 0 saturated carbocycles. The van der Waals surface area contributed by atoms with E-state index in [1.54, 1.807) is 26.2 Å². The summed E-state index contributed by atoms with van der Waals surface area (Å²) in [5, 5.41) is 2.99. The molecule has 2 unspecified atom stereocenters. The van der Waals surface area contributed by atoms with E-state index in [9.17, 15) is 13.2 Å². The molecule has 2 atom stereocenters. The highest BCUT2D eigenvalue weighted by molar-refractivity contribution is 7.92. The van der Waals surface area contributed by atoms with E-state index in [-0.39, 0.29) is 17.9 Å². The number of nitrogens with zero attached hydrogens (tertiary/aromatic N) is 1. The fourth-order valence-corrected chi connectivity index (χ4v) is 4.90. The second-order valence-corrected chi connectivity index (χ2v) is 10.3. The molecule has 0 aliphatic rings. The van der Waals surface area contributed by atoms with Crippen LogP contribution < -0.4 is 14.4 Å². The lowest BCUT2D eigenvalue weighted by molar-refractivity contribution is -0.122. The molecule has 0 aromatic heterocycles. The molecular weight excluding hydrogens is 412 g/mol. The van der Waals surface area contributed by atoms with E-state index in [4.69, 9.17) is 4.74 Å². The molecule has 31 heavy (non-hydrogen) atoms. The lowest BCUT2D eigenvalue weighted by Gasteiger charge is -2.30. The topological polar surface area (TPSA) is 75.7 Å². The first kappa shape index (κ1) is 24.7. The number of hydrogen-bond donors (Lipinski definition) is 1. The van der Waals surface area contributed by atoms with Gasteiger partial charge in [-0.3, -0.25) is 9.10 Å². The molecule has 0 saturated heterocycles. The molecule has 7 heteroatoms. The van der Waals surface area contributed by atoms with Crippen LogP contribution in [0.5, 0.6) is 5.75 Å². The average molecular weight is 447 g/mol. The highest BCUT2D eigenvalue weighted by Gasteiger charge is 2.30. The number of amides is 1. The van der Waals surface area contributed by atoms with Crippen LogP contribution in [0.3, 0.4) is 0 Å². The largest absolute Gasteiger partial charge is 0.496 e. The summed E-state index contributed by atoms with van der Waals surface area (Å²) >= 11 is 0. The summed E-state index contributed by atoms with van der Waals surface area (Å²) in [5.41, 5.74) is 4.52. The van der Waals surface area contributed by atoms with Crippen molar-refractivity contribution < 1.29 is 17.9 Å². The van der Waals surface area contributed by atoms with Crippen molar-refractivity contribution in [2.24, 2.45) is 0 Å². The predicted octanol–water partition coefficient (Wildman–Crippen LogP) is 4.47. The molecule has 170 valence electrons. The molecule has 0 bridgehead atoms. The van der Waals surface area contributed by atoms with Crippen LogP contribution in [0.25, 0.3) is 0 Å². The molecule has 0 aliphatic carbocycles. The molecule has 1 N–H and O–H groups in total. The fourth-order valence-electron chi connectivity index (χ4n) is 3.72. The molecule has 0 aliphatic heterocycles. The van der Waals surface area contributed by atoms with Crippen LogP contribution in [-0.2, 0) is 14.8 Å². The summed E-state index contributed by atoms with van der Waals surface area (Å²) in [5.74, 6) is 0.726. The number of hydrogen-bond acceptors (Lipinski definition) is 4. The molecule has 0 spiro atoms. The number of ether oxygens (including phenoxy) is 1. The predicted molar refractivity (Wildman–Crippen MR) is 126 cm³/mol. The van der Waals surface area contributed by atoms with Gasteiger partial charge in [-0.25, -0.2) is 8.42 Å². The third kappa shape index (κ3) is 5.79. The third-order valence-electron chi connectivity index (χ3n) is 5.44. The Morgan fingerprint density at radius 3 is 2.06 bits per heavy atom. The summed E-state index contributed by atoms with van der Waals surface area (Å²) < 4.78 is 31.7. The fraction of sp³-hybridized carbons (Fsp3) is 0.458. The van der Waals surface area contributed by atoms with Crippen molar-refractivity contribution in [1.82, 2.24) is 5.32 Å². The monoisotopic (exact) mass is 446 g/mol. The zero-order chi connectivity index (χ0) is 23.5. The van der Waals surface area contributed by atoms with Crippen molar-refractivity contribution in [2.45, 2.75) is 59.5 Å². The molecule has 6 nitrogen and oxygen atoms in total. The Morgan fingerprint density at radius 2 is 1.58 bits per heavy atom. The molecule has 2 aromatic rings. The number of carbonyl (C=O) groups is 1. The van der Waals surface area contributed by atoms with Gasteiger partial charge in [-0.05, 0) is 74.6 Å². The Hall–Kier alpha value is -2.54. The second-order valence-electron chi connectivity index (χ2n) is 8.41. The van der Waals surface area contributed by atoms with E-state index < -0.39 is 16.1 Å². The van der Waals surface area contributed by atoms with E-state index >= 15 is 0 Å². The van der Waals surface area contributed by atoms with Crippen LogP contribution in [0.4, 0.5) is 5.69 Å². The maximum Gasteiger partial charge on any atom is 0.244 e. The van der Waals surface area contributed by atoms with Crippen molar-refractivity contribution in [3.63, 3.8) is 0 Å². The van der Waals surface area contributed by atoms with E-state index in [0.717, 1.165) is 38.6 Å². The van der Waals surface area contributed by atoms with E-state index in [2.05, 4.69) is 25.2 Å². The first-order valence-electron chi connectivity index (χ1n) is 10.4. The minimum atomic E-state index is -3.65. The van der Waals surface area contributed by atoms with Crippen LogP contribution in [0.2, 0.25) is 0 Å². The number of anilines is 1. The minimum Gasteiger partial charge on any atom is -0.496 e. The van der Waals surface area contributed by atoms with Gasteiger partial charge in [0, 0.05) is 0 Å². The summed E-state index contributed by atoms with van der Waals surface area (Å²) in [6, 6.07) is 9.93. The Balaban J connectivity index is 2.32. The van der Waals surface area contributed by atoms with Crippen molar-refractivity contribution in [2.75, 3.05) is 17.7 Å². The van der Waals surface area contributed by atoms with Crippen LogP contribution in [0.15, 0.2) is 36.4 Å². The van der Waals surface area contributed by atoms with Gasteiger partial charge < -0.3 is 10.1 Å². The van der Waals surface area contributed by atoms with Crippen LogP contribution in [-0.4, -0.2) is 33.7 Å². The van der Waals surface area contributed by atoms with Crippen LogP contribution >= 0.6 is 0 Å². The minimum absolute atomic E-state index is 0.262. The molecule has 0 heterocycles. The zero-order valence-electron chi connectivity index (χ0n) is 19.7. The first-order chi connectivity index (χ1) is 14.4. The van der Waals surface area contributed by atoms with Gasteiger partial charge in [-0.1, -0.05) is 31.5 Å². The Bertz CT molecular complexity index is 1030. The molecule has 0 radical (unpaired) electrons. The van der Waals surface area contributed by atoms with Gasteiger partial charge in [0.2, 0.25) is 15.9 Å².